The second kappa shape index (κ2) is 6.07. The predicted octanol–water partition coefficient (Wildman–Crippen LogP) is 1.33. The van der Waals surface area contributed by atoms with Gasteiger partial charge in [0.2, 0.25) is 0 Å². The lowest BCUT2D eigenvalue weighted by Gasteiger charge is -2.31. The summed E-state index contributed by atoms with van der Waals surface area (Å²) >= 11 is 0. The Bertz CT molecular complexity index is 673. The highest BCUT2D eigenvalue weighted by atomic mass is 16.7. The van der Waals surface area contributed by atoms with Crippen molar-refractivity contribution in [1.29, 1.82) is 0 Å². The van der Waals surface area contributed by atoms with Crippen molar-refractivity contribution in [3.63, 3.8) is 0 Å². The van der Waals surface area contributed by atoms with Gasteiger partial charge >= 0.3 is 17.9 Å². The summed E-state index contributed by atoms with van der Waals surface area (Å²) in [4.78, 5) is 38.8. The lowest BCUT2D eigenvalue weighted by Crippen LogP contribution is -2.46. The van der Waals surface area contributed by atoms with Crippen LogP contribution < -0.4 is 0 Å². The molecule has 0 aliphatic carbocycles. The van der Waals surface area contributed by atoms with Crippen LogP contribution in [0, 0.1) is 5.92 Å². The second-order valence-electron chi connectivity index (χ2n) is 5.19. The number of rotatable bonds is 3. The number of hydrogen-bond donors (Lipinski definition) is 1. The fourth-order valence-electron chi connectivity index (χ4n) is 1.89. The summed E-state index contributed by atoms with van der Waals surface area (Å²) in [6.07, 6.45) is 1.06. The quantitative estimate of drug-likeness (QED) is 0.508. The van der Waals surface area contributed by atoms with Crippen LogP contribution in [-0.2, 0) is 23.8 Å². The maximum atomic E-state index is 11.8. The van der Waals surface area contributed by atoms with Crippen LogP contribution in [0.1, 0.15) is 24.2 Å². The number of phenolic OH excluding ortho intramolecular Hbond substituents is 1. The number of aromatic hydroxyl groups is 1. The summed E-state index contributed by atoms with van der Waals surface area (Å²) in [5.74, 6) is -5.17. The second-order valence-corrected chi connectivity index (χ2v) is 5.19. The number of nitrogens with zero attached hydrogens (tertiary/aromatic N) is 1. The lowest BCUT2D eigenvalue weighted by molar-refractivity contribution is -0.235. The van der Waals surface area contributed by atoms with Crippen molar-refractivity contribution in [2.45, 2.75) is 19.6 Å². The van der Waals surface area contributed by atoms with Crippen LogP contribution in [0.2, 0.25) is 0 Å². The number of aliphatic imine (C=N–C) groups is 1. The smallest absolute Gasteiger partial charge is 0.341 e. The Kier molecular flexibility index (Phi) is 4.35. The fourth-order valence-corrected chi connectivity index (χ4v) is 1.89. The van der Waals surface area contributed by atoms with Gasteiger partial charge in [0.1, 0.15) is 11.3 Å². The molecule has 0 radical (unpaired) electrons. The van der Waals surface area contributed by atoms with E-state index in [-0.39, 0.29) is 17.0 Å². The molecule has 0 amide bonds. The maximum absolute atomic E-state index is 11.8. The minimum atomic E-state index is -1.31. The van der Waals surface area contributed by atoms with E-state index in [4.69, 9.17) is 9.47 Å². The molecule has 0 atom stereocenters. The van der Waals surface area contributed by atoms with Gasteiger partial charge in [0.25, 0.3) is 5.79 Å². The summed E-state index contributed by atoms with van der Waals surface area (Å²) < 4.78 is 14.4. The molecule has 0 unspecified atom stereocenters. The van der Waals surface area contributed by atoms with Gasteiger partial charge in [-0.1, -0.05) is 0 Å². The van der Waals surface area contributed by atoms with E-state index < -0.39 is 29.6 Å². The highest BCUT2D eigenvalue weighted by Crippen LogP contribution is 2.26. The Balaban J connectivity index is 2.17. The summed E-state index contributed by atoms with van der Waals surface area (Å²) in [5, 5.41) is 9.74. The van der Waals surface area contributed by atoms with Gasteiger partial charge in [-0.25, -0.2) is 4.79 Å². The third-order valence-corrected chi connectivity index (χ3v) is 2.96. The van der Waals surface area contributed by atoms with Crippen LogP contribution in [-0.4, -0.2) is 42.1 Å². The van der Waals surface area contributed by atoms with Crippen molar-refractivity contribution in [1.82, 2.24) is 0 Å². The molecular formula is C15H15NO7. The topological polar surface area (TPSA) is 111 Å². The van der Waals surface area contributed by atoms with Crippen molar-refractivity contribution >= 4 is 29.8 Å². The Hall–Kier alpha value is -2.90. The molecule has 8 heteroatoms. The Morgan fingerprint density at radius 2 is 1.91 bits per heavy atom. The molecule has 0 saturated carbocycles. The third-order valence-electron chi connectivity index (χ3n) is 2.96. The maximum Gasteiger partial charge on any atom is 0.341 e. The molecule has 122 valence electrons. The largest absolute Gasteiger partial charge is 0.507 e. The Labute approximate surface area is 131 Å². The van der Waals surface area contributed by atoms with Crippen molar-refractivity contribution in [3.8, 4) is 5.75 Å². The van der Waals surface area contributed by atoms with Gasteiger partial charge < -0.3 is 19.3 Å². The first-order valence-electron chi connectivity index (χ1n) is 6.65. The number of cyclic esters (lactones) is 2. The summed E-state index contributed by atoms with van der Waals surface area (Å²) in [6.45, 7) is 2.89. The summed E-state index contributed by atoms with van der Waals surface area (Å²) in [5.41, 5.74) is 0.213. The van der Waals surface area contributed by atoms with Crippen molar-refractivity contribution < 1.29 is 33.7 Å². The Morgan fingerprint density at radius 3 is 2.43 bits per heavy atom. The zero-order valence-electron chi connectivity index (χ0n) is 12.7. The van der Waals surface area contributed by atoms with E-state index in [0.717, 1.165) is 6.21 Å². The first-order valence-corrected chi connectivity index (χ1v) is 6.65. The van der Waals surface area contributed by atoms with E-state index >= 15 is 0 Å². The zero-order chi connectivity index (χ0) is 17.2. The van der Waals surface area contributed by atoms with E-state index in [0.29, 0.717) is 0 Å². The standard InChI is InChI=1S/C15H15NO7/c1-15(2)22-13(19)10(14(20)23-15)7-16-8-4-5-9(11(17)6-8)12(18)21-3/h4-7,10,17H,1-3H3. The minimum absolute atomic E-state index is 0.0234. The van der Waals surface area contributed by atoms with Gasteiger partial charge in [-0.15, -0.1) is 0 Å². The first kappa shape index (κ1) is 16.5. The van der Waals surface area contributed by atoms with Crippen LogP contribution >= 0.6 is 0 Å². The molecule has 23 heavy (non-hydrogen) atoms. The number of carbonyl (C=O) groups excluding carboxylic acids is 3. The van der Waals surface area contributed by atoms with Gasteiger partial charge in [0, 0.05) is 26.1 Å². The molecule has 1 fully saturated rings. The molecule has 1 N–H and O–H groups in total. The lowest BCUT2D eigenvalue weighted by atomic mass is 10.1. The van der Waals surface area contributed by atoms with Gasteiger partial charge in [0.15, 0.2) is 5.92 Å². The van der Waals surface area contributed by atoms with Gasteiger partial charge in [-0.3, -0.25) is 14.6 Å². The van der Waals surface area contributed by atoms with E-state index in [2.05, 4.69) is 9.73 Å². The van der Waals surface area contributed by atoms with Crippen molar-refractivity contribution in [2.75, 3.05) is 7.11 Å². The minimum Gasteiger partial charge on any atom is -0.507 e. The first-order chi connectivity index (χ1) is 10.7. The normalized spacial score (nSPS) is 17.7. The van der Waals surface area contributed by atoms with Crippen LogP contribution in [0.3, 0.4) is 0 Å². The number of carbonyl (C=O) groups is 3. The highest BCUT2D eigenvalue weighted by Gasteiger charge is 2.42. The molecule has 1 aliphatic heterocycles. The molecule has 1 aliphatic rings. The molecular weight excluding hydrogens is 306 g/mol. The summed E-state index contributed by atoms with van der Waals surface area (Å²) in [7, 11) is 1.19. The average molecular weight is 321 g/mol. The molecule has 0 aromatic heterocycles. The van der Waals surface area contributed by atoms with Crippen molar-refractivity contribution in [3.05, 3.63) is 23.8 Å². The number of benzene rings is 1. The number of esters is 3. The molecule has 1 aromatic rings. The molecule has 1 saturated heterocycles. The van der Waals surface area contributed by atoms with Crippen LogP contribution in [0.5, 0.6) is 5.75 Å². The SMILES string of the molecule is COC(=O)c1ccc(N=CC2C(=O)OC(C)(C)OC2=O)cc1O. The fraction of sp³-hybridized carbons (Fsp3) is 0.333. The van der Waals surface area contributed by atoms with Gasteiger partial charge in [-0.2, -0.15) is 0 Å². The third kappa shape index (κ3) is 3.65. The van der Waals surface area contributed by atoms with E-state index in [1.54, 1.807) is 0 Å². The number of hydrogen-bond acceptors (Lipinski definition) is 8. The number of ether oxygens (including phenoxy) is 3. The van der Waals surface area contributed by atoms with Crippen molar-refractivity contribution in [2.24, 2.45) is 10.9 Å². The average Bonchev–Trinajstić information content (AvgIpc) is 2.44. The van der Waals surface area contributed by atoms with Crippen LogP contribution in [0.25, 0.3) is 0 Å². The van der Waals surface area contributed by atoms with Gasteiger partial charge in [-0.05, 0) is 12.1 Å². The number of phenols is 1. The highest BCUT2D eigenvalue weighted by molar-refractivity contribution is 6.10. The molecule has 1 heterocycles. The predicted molar refractivity (Wildman–Crippen MR) is 77.4 cm³/mol. The molecule has 1 aromatic carbocycles. The van der Waals surface area contributed by atoms with Crippen LogP contribution in [0.15, 0.2) is 23.2 Å². The number of methoxy groups -OCH3 is 1. The van der Waals surface area contributed by atoms with E-state index in [1.807, 2.05) is 0 Å². The summed E-state index contributed by atoms with van der Waals surface area (Å²) in [6, 6.07) is 3.94. The monoisotopic (exact) mass is 321 g/mol. The molecule has 0 spiro atoms. The molecule has 0 bridgehead atoms. The molecule has 8 nitrogen and oxygen atoms in total. The van der Waals surface area contributed by atoms with Gasteiger partial charge in [0.05, 0.1) is 12.8 Å². The van der Waals surface area contributed by atoms with E-state index in [9.17, 15) is 19.5 Å². The molecule has 2 rings (SSSR count). The Morgan fingerprint density at radius 1 is 1.30 bits per heavy atom. The van der Waals surface area contributed by atoms with E-state index in [1.165, 1.54) is 39.2 Å². The zero-order valence-corrected chi connectivity index (χ0v) is 12.7. The van der Waals surface area contributed by atoms with Crippen LogP contribution in [0.4, 0.5) is 5.69 Å².